The maximum absolute atomic E-state index is 12.8. The van der Waals surface area contributed by atoms with Crippen LogP contribution in [0.2, 0.25) is 0 Å². The van der Waals surface area contributed by atoms with Gasteiger partial charge in [0, 0.05) is 23.3 Å². The van der Waals surface area contributed by atoms with Gasteiger partial charge in [-0.2, -0.15) is 10.1 Å². The van der Waals surface area contributed by atoms with Crippen molar-refractivity contribution in [1.29, 1.82) is 0 Å². The van der Waals surface area contributed by atoms with Gasteiger partial charge in [-0.05, 0) is 26.0 Å². The Morgan fingerprint density at radius 2 is 1.86 bits per heavy atom. The average molecular weight is 294 g/mol. The molecule has 112 valence electrons. The predicted octanol–water partition coefficient (Wildman–Crippen LogP) is 3.06. The highest BCUT2D eigenvalue weighted by atomic mass is 16.3. The molecule has 22 heavy (non-hydrogen) atoms. The molecule has 1 aliphatic heterocycles. The van der Waals surface area contributed by atoms with Crippen molar-refractivity contribution in [3.05, 3.63) is 71.3 Å². The first-order chi connectivity index (χ1) is 10.5. The summed E-state index contributed by atoms with van der Waals surface area (Å²) in [4.78, 5) is 12.8. The summed E-state index contributed by atoms with van der Waals surface area (Å²) in [5, 5.41) is 16.6. The fourth-order valence-electron chi connectivity index (χ4n) is 2.76. The van der Waals surface area contributed by atoms with Crippen molar-refractivity contribution in [2.24, 2.45) is 5.10 Å². The van der Waals surface area contributed by atoms with Crippen LogP contribution in [0.4, 0.5) is 0 Å². The second kappa shape index (κ2) is 5.39. The average Bonchev–Trinajstić information content (AvgIpc) is 2.83. The lowest BCUT2D eigenvalue weighted by molar-refractivity contribution is -0.0765. The first kappa shape index (κ1) is 14.5. The van der Waals surface area contributed by atoms with Crippen molar-refractivity contribution in [3.8, 4) is 0 Å². The van der Waals surface area contributed by atoms with Gasteiger partial charge in [0.1, 0.15) is 0 Å². The largest absolute Gasteiger partial charge is 0.365 e. The van der Waals surface area contributed by atoms with Crippen molar-refractivity contribution in [3.63, 3.8) is 0 Å². The van der Waals surface area contributed by atoms with E-state index in [0.29, 0.717) is 17.5 Å². The minimum atomic E-state index is -1.42. The van der Waals surface area contributed by atoms with E-state index in [1.807, 2.05) is 56.3 Å². The number of carbonyl (C=O) groups excluding carboxylic acids is 1. The van der Waals surface area contributed by atoms with Gasteiger partial charge in [0.2, 0.25) is 0 Å². The Bertz CT molecular complexity index is 740. The van der Waals surface area contributed by atoms with Gasteiger partial charge >= 0.3 is 0 Å². The van der Waals surface area contributed by atoms with Gasteiger partial charge in [0.15, 0.2) is 5.72 Å². The van der Waals surface area contributed by atoms with Crippen molar-refractivity contribution in [2.75, 3.05) is 0 Å². The minimum absolute atomic E-state index is 0.299. The molecular formula is C18H18N2O2. The van der Waals surface area contributed by atoms with Crippen LogP contribution in [-0.2, 0) is 5.72 Å². The number of aryl methyl sites for hydroxylation is 1. The van der Waals surface area contributed by atoms with Crippen LogP contribution >= 0.6 is 0 Å². The third-order valence-corrected chi connectivity index (χ3v) is 3.82. The van der Waals surface area contributed by atoms with E-state index in [1.165, 1.54) is 5.01 Å². The van der Waals surface area contributed by atoms with Crippen molar-refractivity contribution < 1.29 is 9.90 Å². The molecule has 4 nitrogen and oxygen atoms in total. The molecule has 0 aromatic heterocycles. The van der Waals surface area contributed by atoms with Gasteiger partial charge in [-0.3, -0.25) is 4.79 Å². The summed E-state index contributed by atoms with van der Waals surface area (Å²) in [6.07, 6.45) is 0.314. The predicted molar refractivity (Wildman–Crippen MR) is 85.4 cm³/mol. The first-order valence-electron chi connectivity index (χ1n) is 7.24. The van der Waals surface area contributed by atoms with E-state index in [9.17, 15) is 9.90 Å². The molecule has 1 heterocycles. The quantitative estimate of drug-likeness (QED) is 0.925. The Balaban J connectivity index is 2.02. The Morgan fingerprint density at radius 1 is 1.14 bits per heavy atom. The number of hydrogen-bond donors (Lipinski definition) is 1. The van der Waals surface area contributed by atoms with Gasteiger partial charge in [-0.1, -0.05) is 48.0 Å². The molecule has 0 saturated carbocycles. The second-order valence-corrected chi connectivity index (χ2v) is 5.68. The zero-order valence-corrected chi connectivity index (χ0v) is 12.7. The van der Waals surface area contributed by atoms with Gasteiger partial charge in [-0.25, -0.2) is 0 Å². The molecule has 2 aromatic carbocycles. The molecule has 1 amide bonds. The fraction of sp³-hybridized carbons (Fsp3) is 0.222. The molecule has 2 aromatic rings. The topological polar surface area (TPSA) is 52.9 Å². The molecule has 1 aliphatic rings. The lowest BCUT2D eigenvalue weighted by Gasteiger charge is -2.31. The molecule has 3 rings (SSSR count). The van der Waals surface area contributed by atoms with E-state index in [4.69, 9.17) is 0 Å². The number of rotatable bonds is 2. The second-order valence-electron chi connectivity index (χ2n) is 5.68. The molecular weight excluding hydrogens is 276 g/mol. The molecule has 0 spiro atoms. The summed E-state index contributed by atoms with van der Waals surface area (Å²) in [6.45, 7) is 3.75. The molecule has 0 radical (unpaired) electrons. The highest BCUT2D eigenvalue weighted by Crippen LogP contribution is 2.36. The SMILES string of the molecule is CC1=NN(C(=O)c2cccc(C)c2)C(O)(c2ccccc2)C1. The number of benzene rings is 2. The monoisotopic (exact) mass is 294 g/mol. The molecule has 0 fully saturated rings. The van der Waals surface area contributed by atoms with Crippen molar-refractivity contribution in [1.82, 2.24) is 5.01 Å². The highest BCUT2D eigenvalue weighted by Gasteiger charge is 2.44. The van der Waals surface area contributed by atoms with Crippen LogP contribution in [0.25, 0.3) is 0 Å². The number of nitrogens with zero attached hydrogens (tertiary/aromatic N) is 2. The zero-order chi connectivity index (χ0) is 15.7. The van der Waals surface area contributed by atoms with Gasteiger partial charge < -0.3 is 5.11 Å². The lowest BCUT2D eigenvalue weighted by Crippen LogP contribution is -2.43. The third-order valence-electron chi connectivity index (χ3n) is 3.82. The summed E-state index contributed by atoms with van der Waals surface area (Å²) in [5.74, 6) is -0.299. The Morgan fingerprint density at radius 3 is 2.55 bits per heavy atom. The van der Waals surface area contributed by atoms with Gasteiger partial charge in [0.05, 0.1) is 0 Å². The minimum Gasteiger partial charge on any atom is -0.365 e. The molecule has 0 bridgehead atoms. The van der Waals surface area contributed by atoms with Crippen LogP contribution in [0, 0.1) is 6.92 Å². The van der Waals surface area contributed by atoms with Crippen molar-refractivity contribution in [2.45, 2.75) is 26.0 Å². The van der Waals surface area contributed by atoms with Crippen LogP contribution in [0.1, 0.15) is 34.8 Å². The number of amides is 1. The normalized spacial score (nSPS) is 20.9. The standard InChI is InChI=1S/C18H18N2O2/c1-13-7-6-8-15(11-13)17(21)20-18(22,12-14(2)19-20)16-9-4-3-5-10-16/h3-11,22H,12H2,1-2H3. The maximum atomic E-state index is 12.8. The molecule has 1 N–H and O–H groups in total. The van der Waals surface area contributed by atoms with E-state index in [1.54, 1.807) is 12.1 Å². The van der Waals surface area contributed by atoms with E-state index >= 15 is 0 Å². The number of aliphatic hydroxyl groups is 1. The number of hydrazone groups is 1. The summed E-state index contributed by atoms with van der Waals surface area (Å²) >= 11 is 0. The zero-order valence-electron chi connectivity index (χ0n) is 12.7. The fourth-order valence-corrected chi connectivity index (χ4v) is 2.76. The molecule has 1 atom stereocenters. The van der Waals surface area contributed by atoms with Crippen LogP contribution in [0.5, 0.6) is 0 Å². The number of hydrogen-bond acceptors (Lipinski definition) is 3. The van der Waals surface area contributed by atoms with Crippen molar-refractivity contribution >= 4 is 11.6 Å². The molecule has 1 unspecified atom stereocenters. The molecule has 4 heteroatoms. The maximum Gasteiger partial charge on any atom is 0.276 e. The lowest BCUT2D eigenvalue weighted by atomic mass is 9.97. The van der Waals surface area contributed by atoms with Crippen LogP contribution in [0.15, 0.2) is 59.7 Å². The number of carbonyl (C=O) groups is 1. The van der Waals surface area contributed by atoms with Crippen LogP contribution in [-0.4, -0.2) is 21.7 Å². The summed E-state index contributed by atoms with van der Waals surface area (Å²) in [6, 6.07) is 16.5. The Labute approximate surface area is 129 Å². The summed E-state index contributed by atoms with van der Waals surface area (Å²) in [7, 11) is 0. The van der Waals surface area contributed by atoms with E-state index in [-0.39, 0.29) is 5.91 Å². The highest BCUT2D eigenvalue weighted by molar-refractivity contribution is 5.98. The smallest absolute Gasteiger partial charge is 0.276 e. The molecule has 0 aliphatic carbocycles. The van der Waals surface area contributed by atoms with Gasteiger partial charge in [0.25, 0.3) is 5.91 Å². The van der Waals surface area contributed by atoms with E-state index < -0.39 is 5.72 Å². The summed E-state index contributed by atoms with van der Waals surface area (Å²) < 4.78 is 0. The first-order valence-corrected chi connectivity index (χ1v) is 7.24. The Hall–Kier alpha value is -2.46. The molecule has 0 saturated heterocycles. The third kappa shape index (κ3) is 2.42. The summed E-state index contributed by atoms with van der Waals surface area (Å²) in [5.41, 5.74) is 1.48. The van der Waals surface area contributed by atoms with Gasteiger partial charge in [-0.15, -0.1) is 0 Å². The Kier molecular flexibility index (Phi) is 3.54. The van der Waals surface area contributed by atoms with Crippen LogP contribution < -0.4 is 0 Å². The van der Waals surface area contributed by atoms with E-state index in [0.717, 1.165) is 11.3 Å². The van der Waals surface area contributed by atoms with E-state index in [2.05, 4.69) is 5.10 Å². The van der Waals surface area contributed by atoms with Crippen LogP contribution in [0.3, 0.4) is 0 Å².